The molecule has 1 aromatic rings. The Bertz CT molecular complexity index is 153. The molecule has 0 aliphatic rings. The molecule has 1 N–H and O–H groups in total. The van der Waals surface area contributed by atoms with E-state index in [9.17, 15) is 0 Å². The molecule has 1 aromatic heterocycles. The van der Waals surface area contributed by atoms with Crippen LogP contribution in [0, 0.1) is 0 Å². The fourth-order valence-corrected chi connectivity index (χ4v) is 0.511. The maximum atomic E-state index is 3.99. The van der Waals surface area contributed by atoms with Gasteiger partial charge in [-0.1, -0.05) is 19.9 Å². The average molecular weight is 140 g/mol. The van der Waals surface area contributed by atoms with E-state index in [1.165, 1.54) is 0 Å². The van der Waals surface area contributed by atoms with Gasteiger partial charge in [0.05, 0.1) is 0 Å². The molecule has 0 bridgehead atoms. The predicted octanol–water partition coefficient (Wildman–Crippen LogP) is 2.40. The average Bonchev–Trinajstić information content (AvgIpc) is 2.10. The molecule has 0 unspecified atom stereocenters. The molecule has 0 spiro atoms. The minimum Gasteiger partial charge on any atom is -0.373 e. The number of aromatic nitrogens is 1. The Morgan fingerprint density at radius 3 is 2.40 bits per heavy atom. The third kappa shape index (κ3) is 3.07. The number of nitrogens with one attached hydrogen (secondary N) is 1. The van der Waals surface area contributed by atoms with Crippen LogP contribution in [-0.4, -0.2) is 12.0 Å². The van der Waals surface area contributed by atoms with Gasteiger partial charge in [-0.25, -0.2) is 4.98 Å². The molecule has 1 heterocycles. The first-order valence-corrected chi connectivity index (χ1v) is 3.52. The number of anilines is 1. The van der Waals surface area contributed by atoms with Crippen molar-refractivity contribution in [2.45, 2.75) is 13.8 Å². The zero-order valence-electron chi connectivity index (χ0n) is 6.76. The van der Waals surface area contributed by atoms with E-state index in [-0.39, 0.29) is 1.43 Å². The minimum atomic E-state index is 0. The summed E-state index contributed by atoms with van der Waals surface area (Å²) in [7, 11) is 1.85. The lowest BCUT2D eigenvalue weighted by Gasteiger charge is -1.92. The third-order valence-electron chi connectivity index (χ3n) is 0.921. The van der Waals surface area contributed by atoms with Crippen LogP contribution in [0.2, 0.25) is 0 Å². The summed E-state index contributed by atoms with van der Waals surface area (Å²) in [4.78, 5) is 3.99. The molecule has 10 heavy (non-hydrogen) atoms. The van der Waals surface area contributed by atoms with Crippen LogP contribution in [-0.2, 0) is 0 Å². The Morgan fingerprint density at radius 1 is 1.40 bits per heavy atom. The van der Waals surface area contributed by atoms with Crippen molar-refractivity contribution in [1.82, 2.24) is 4.98 Å². The number of hydrogen-bond acceptors (Lipinski definition) is 2. The standard InChI is InChI=1S/C6H8N2.C2H6.H2/c1-7-6-4-2-3-5-8-6;1-2;/h2-5H,1H3,(H,7,8);1-2H3;1H. The molecule has 0 atom stereocenters. The van der Waals surface area contributed by atoms with Crippen molar-refractivity contribution < 1.29 is 1.43 Å². The molecule has 0 radical (unpaired) electrons. The summed E-state index contributed by atoms with van der Waals surface area (Å²) < 4.78 is 0. The van der Waals surface area contributed by atoms with Gasteiger partial charge in [-0.3, -0.25) is 0 Å². The largest absolute Gasteiger partial charge is 0.373 e. The second-order valence-electron chi connectivity index (χ2n) is 1.46. The van der Waals surface area contributed by atoms with Crippen molar-refractivity contribution in [3.63, 3.8) is 0 Å². The normalized spacial score (nSPS) is 7.50. The summed E-state index contributed by atoms with van der Waals surface area (Å²) in [6.07, 6.45) is 1.76. The van der Waals surface area contributed by atoms with E-state index in [1.807, 2.05) is 39.1 Å². The van der Waals surface area contributed by atoms with Crippen LogP contribution in [0.1, 0.15) is 15.3 Å². The lowest BCUT2D eigenvalue weighted by Crippen LogP contribution is -1.88. The highest BCUT2D eigenvalue weighted by molar-refractivity contribution is 5.31. The van der Waals surface area contributed by atoms with E-state index in [0.29, 0.717) is 0 Å². The first-order chi connectivity index (χ1) is 4.93. The number of pyridine rings is 1. The molecule has 0 aromatic carbocycles. The van der Waals surface area contributed by atoms with E-state index < -0.39 is 0 Å². The third-order valence-corrected chi connectivity index (χ3v) is 0.921. The van der Waals surface area contributed by atoms with Gasteiger partial charge in [0, 0.05) is 14.7 Å². The number of hydrogen-bond donors (Lipinski definition) is 1. The monoisotopic (exact) mass is 140 g/mol. The molecule has 0 amide bonds. The Balaban J connectivity index is 0. The highest BCUT2D eigenvalue weighted by Crippen LogP contribution is 1.95. The van der Waals surface area contributed by atoms with Crippen molar-refractivity contribution in [1.29, 1.82) is 0 Å². The quantitative estimate of drug-likeness (QED) is 0.648. The molecule has 58 valence electrons. The van der Waals surface area contributed by atoms with E-state index in [2.05, 4.69) is 10.3 Å². The van der Waals surface area contributed by atoms with Crippen LogP contribution in [0.3, 0.4) is 0 Å². The van der Waals surface area contributed by atoms with Crippen molar-refractivity contribution in [3.05, 3.63) is 24.4 Å². The second kappa shape index (κ2) is 6.08. The minimum absolute atomic E-state index is 0. The summed E-state index contributed by atoms with van der Waals surface area (Å²) in [6.45, 7) is 4.00. The second-order valence-corrected chi connectivity index (χ2v) is 1.46. The van der Waals surface area contributed by atoms with Gasteiger partial charge in [0.1, 0.15) is 5.82 Å². The molecule has 0 saturated heterocycles. The number of nitrogens with zero attached hydrogens (tertiary/aromatic N) is 1. The lowest BCUT2D eigenvalue weighted by molar-refractivity contribution is 1.29. The SMILES string of the molecule is CC.CNc1ccccn1.[HH]. The van der Waals surface area contributed by atoms with Crippen LogP contribution in [0.4, 0.5) is 5.82 Å². The van der Waals surface area contributed by atoms with Crippen molar-refractivity contribution >= 4 is 5.82 Å². The summed E-state index contributed by atoms with van der Waals surface area (Å²) in [5.41, 5.74) is 0. The Morgan fingerprint density at radius 2 is 2.10 bits per heavy atom. The summed E-state index contributed by atoms with van der Waals surface area (Å²) in [5, 5.41) is 2.92. The fourth-order valence-electron chi connectivity index (χ4n) is 0.511. The Hall–Kier alpha value is -1.05. The first kappa shape index (κ1) is 8.95. The molecule has 0 aliphatic heterocycles. The molecule has 0 aliphatic carbocycles. The topological polar surface area (TPSA) is 24.9 Å². The molecule has 2 nitrogen and oxygen atoms in total. The smallest absolute Gasteiger partial charge is 0.125 e. The maximum absolute atomic E-state index is 3.99. The lowest BCUT2D eigenvalue weighted by atomic mass is 10.5. The fraction of sp³-hybridized carbons (Fsp3) is 0.375. The Kier molecular flexibility index (Phi) is 5.44. The van der Waals surface area contributed by atoms with Crippen LogP contribution in [0.5, 0.6) is 0 Å². The van der Waals surface area contributed by atoms with E-state index >= 15 is 0 Å². The van der Waals surface area contributed by atoms with Gasteiger partial charge in [-0.2, -0.15) is 0 Å². The van der Waals surface area contributed by atoms with Crippen molar-refractivity contribution in [3.8, 4) is 0 Å². The molecule has 2 heteroatoms. The molecule has 0 fully saturated rings. The van der Waals surface area contributed by atoms with Crippen molar-refractivity contribution in [2.24, 2.45) is 0 Å². The van der Waals surface area contributed by atoms with Crippen LogP contribution < -0.4 is 5.32 Å². The van der Waals surface area contributed by atoms with Gasteiger partial charge in [0.15, 0.2) is 0 Å². The van der Waals surface area contributed by atoms with Gasteiger partial charge in [0.2, 0.25) is 0 Å². The summed E-state index contributed by atoms with van der Waals surface area (Å²) >= 11 is 0. The van der Waals surface area contributed by atoms with Crippen LogP contribution in [0.25, 0.3) is 0 Å². The van der Waals surface area contributed by atoms with E-state index in [1.54, 1.807) is 6.20 Å². The number of rotatable bonds is 1. The summed E-state index contributed by atoms with van der Waals surface area (Å²) in [5.74, 6) is 0.910. The van der Waals surface area contributed by atoms with Crippen LogP contribution >= 0.6 is 0 Å². The molecular weight excluding hydrogens is 124 g/mol. The van der Waals surface area contributed by atoms with Gasteiger partial charge < -0.3 is 5.32 Å². The predicted molar refractivity (Wildman–Crippen MR) is 47.2 cm³/mol. The van der Waals surface area contributed by atoms with Gasteiger partial charge >= 0.3 is 0 Å². The molecule has 1 rings (SSSR count). The van der Waals surface area contributed by atoms with Crippen molar-refractivity contribution in [2.75, 3.05) is 12.4 Å². The highest BCUT2D eigenvalue weighted by atomic mass is 14.9. The summed E-state index contributed by atoms with van der Waals surface area (Å²) in [6, 6.07) is 5.75. The maximum Gasteiger partial charge on any atom is 0.125 e. The Labute approximate surface area is 63.8 Å². The molecular formula is C8H16N2. The van der Waals surface area contributed by atoms with Gasteiger partial charge in [0.25, 0.3) is 0 Å². The van der Waals surface area contributed by atoms with Gasteiger partial charge in [-0.15, -0.1) is 0 Å². The van der Waals surface area contributed by atoms with E-state index in [4.69, 9.17) is 0 Å². The van der Waals surface area contributed by atoms with Crippen LogP contribution in [0.15, 0.2) is 24.4 Å². The first-order valence-electron chi connectivity index (χ1n) is 3.52. The zero-order chi connectivity index (χ0) is 7.82. The van der Waals surface area contributed by atoms with Gasteiger partial charge in [-0.05, 0) is 12.1 Å². The highest BCUT2D eigenvalue weighted by Gasteiger charge is 1.79. The van der Waals surface area contributed by atoms with E-state index in [0.717, 1.165) is 5.82 Å². The molecule has 0 saturated carbocycles. The zero-order valence-corrected chi connectivity index (χ0v) is 6.76.